The number of aromatic nitrogens is 1. The van der Waals surface area contributed by atoms with Gasteiger partial charge < -0.3 is 4.74 Å². The number of hydrogen-bond acceptors (Lipinski definition) is 4. The Morgan fingerprint density at radius 2 is 2.00 bits per heavy atom. The van der Waals surface area contributed by atoms with Crippen molar-refractivity contribution in [3.05, 3.63) is 45.4 Å². The van der Waals surface area contributed by atoms with Crippen LogP contribution in [0.1, 0.15) is 21.0 Å². The van der Waals surface area contributed by atoms with Crippen LogP contribution in [0, 0.1) is 13.8 Å². The van der Waals surface area contributed by atoms with E-state index in [9.17, 15) is 0 Å². The van der Waals surface area contributed by atoms with E-state index >= 15 is 0 Å². The van der Waals surface area contributed by atoms with Crippen molar-refractivity contribution >= 4 is 24.0 Å². The summed E-state index contributed by atoms with van der Waals surface area (Å²) in [5.74, 6) is 1.70. The molecule has 17 heavy (non-hydrogen) atoms. The molecule has 2 nitrogen and oxygen atoms in total. The number of ether oxygens (including phenoxy) is 1. The molecular weight excluding hydrogens is 250 g/mol. The average Bonchev–Trinajstić information content (AvgIpc) is 2.76. The molecule has 0 radical (unpaired) electrons. The number of thiazole rings is 1. The Bertz CT molecular complexity index is 488. The van der Waals surface area contributed by atoms with Gasteiger partial charge in [0.25, 0.3) is 0 Å². The smallest absolute Gasteiger partial charge is 0.140 e. The molecule has 0 atom stereocenters. The van der Waals surface area contributed by atoms with Crippen LogP contribution in [0.15, 0.2) is 24.4 Å². The fourth-order valence-electron chi connectivity index (χ4n) is 1.65. The molecule has 0 bridgehead atoms. The highest BCUT2D eigenvalue weighted by atomic mass is 32.1. The van der Waals surface area contributed by atoms with Crippen LogP contribution in [0.25, 0.3) is 0 Å². The molecule has 0 fully saturated rings. The maximum absolute atomic E-state index is 5.83. The molecule has 1 heterocycles. The lowest BCUT2D eigenvalue weighted by Crippen LogP contribution is -1.98. The Hall–Kier alpha value is -1.000. The van der Waals surface area contributed by atoms with E-state index in [4.69, 9.17) is 4.74 Å². The summed E-state index contributed by atoms with van der Waals surface area (Å²) in [4.78, 5) is 5.48. The van der Waals surface area contributed by atoms with Gasteiger partial charge in [-0.15, -0.1) is 11.3 Å². The molecule has 0 aliphatic rings. The first-order valence-electron chi connectivity index (χ1n) is 5.44. The molecule has 0 saturated heterocycles. The molecule has 4 heteroatoms. The predicted molar refractivity (Wildman–Crippen MR) is 75.1 cm³/mol. The highest BCUT2D eigenvalue weighted by molar-refractivity contribution is 7.79. The van der Waals surface area contributed by atoms with Crippen molar-refractivity contribution in [2.24, 2.45) is 0 Å². The van der Waals surface area contributed by atoms with Gasteiger partial charge in [0.15, 0.2) is 0 Å². The highest BCUT2D eigenvalue weighted by Gasteiger charge is 2.05. The summed E-state index contributed by atoms with van der Waals surface area (Å²) in [6.07, 6.45) is 1.86. The van der Waals surface area contributed by atoms with Crippen molar-refractivity contribution in [3.8, 4) is 5.75 Å². The minimum absolute atomic E-state index is 0.532. The van der Waals surface area contributed by atoms with Crippen LogP contribution in [0.5, 0.6) is 5.75 Å². The van der Waals surface area contributed by atoms with Gasteiger partial charge in [0, 0.05) is 16.8 Å². The number of hydrogen-bond donors (Lipinski definition) is 1. The summed E-state index contributed by atoms with van der Waals surface area (Å²) >= 11 is 5.88. The minimum atomic E-state index is 0.532. The third-order valence-electron chi connectivity index (χ3n) is 2.51. The third kappa shape index (κ3) is 3.01. The molecule has 1 aromatic carbocycles. The number of nitrogens with zero attached hydrogens (tertiary/aromatic N) is 1. The average molecular weight is 265 g/mol. The van der Waals surface area contributed by atoms with Crippen LogP contribution in [-0.2, 0) is 12.4 Å². The third-order valence-corrected chi connectivity index (χ3v) is 4.03. The fourth-order valence-corrected chi connectivity index (χ4v) is 2.62. The molecule has 0 unspecified atom stereocenters. The van der Waals surface area contributed by atoms with Crippen molar-refractivity contribution in [2.45, 2.75) is 26.2 Å². The zero-order valence-electron chi connectivity index (χ0n) is 9.93. The zero-order valence-corrected chi connectivity index (χ0v) is 11.6. The van der Waals surface area contributed by atoms with E-state index in [0.29, 0.717) is 6.61 Å². The number of rotatable bonds is 4. The summed E-state index contributed by atoms with van der Waals surface area (Å²) in [5, 5.41) is 0.997. The Morgan fingerprint density at radius 3 is 2.59 bits per heavy atom. The summed E-state index contributed by atoms with van der Waals surface area (Å²) in [5.41, 5.74) is 2.33. The lowest BCUT2D eigenvalue weighted by molar-refractivity contribution is 0.301. The Kier molecular flexibility index (Phi) is 4.07. The predicted octanol–water partition coefficient (Wildman–Crippen LogP) is 3.77. The largest absolute Gasteiger partial charge is 0.486 e. The van der Waals surface area contributed by atoms with E-state index in [1.54, 1.807) is 11.3 Å². The fraction of sp³-hybridized carbons (Fsp3) is 0.308. The van der Waals surface area contributed by atoms with E-state index in [1.165, 1.54) is 4.88 Å². The number of benzene rings is 1. The van der Waals surface area contributed by atoms with Gasteiger partial charge in [0.1, 0.15) is 17.4 Å². The quantitative estimate of drug-likeness (QED) is 0.850. The van der Waals surface area contributed by atoms with E-state index in [2.05, 4.69) is 43.6 Å². The van der Waals surface area contributed by atoms with Crippen LogP contribution in [0.2, 0.25) is 0 Å². The number of thiol groups is 1. The molecule has 0 saturated carbocycles. The normalized spacial score (nSPS) is 10.5. The Morgan fingerprint density at radius 1 is 1.29 bits per heavy atom. The topological polar surface area (TPSA) is 22.1 Å². The van der Waals surface area contributed by atoms with Crippen LogP contribution in [0.4, 0.5) is 0 Å². The Labute approximate surface area is 111 Å². The van der Waals surface area contributed by atoms with Gasteiger partial charge in [-0.25, -0.2) is 4.98 Å². The van der Waals surface area contributed by atoms with Crippen LogP contribution < -0.4 is 4.74 Å². The molecule has 2 aromatic rings. The van der Waals surface area contributed by atoms with Gasteiger partial charge in [-0.05, 0) is 25.0 Å². The summed E-state index contributed by atoms with van der Waals surface area (Å²) in [7, 11) is 0. The van der Waals surface area contributed by atoms with Crippen LogP contribution >= 0.6 is 24.0 Å². The second kappa shape index (κ2) is 5.56. The molecule has 0 aliphatic heterocycles. The van der Waals surface area contributed by atoms with Crippen molar-refractivity contribution in [1.29, 1.82) is 0 Å². The van der Waals surface area contributed by atoms with E-state index < -0.39 is 0 Å². The van der Waals surface area contributed by atoms with E-state index in [0.717, 1.165) is 27.6 Å². The van der Waals surface area contributed by atoms with Crippen molar-refractivity contribution in [3.63, 3.8) is 0 Å². The molecule has 2 rings (SSSR count). The molecule has 0 amide bonds. The van der Waals surface area contributed by atoms with E-state index in [1.807, 2.05) is 12.3 Å². The second-order valence-electron chi connectivity index (χ2n) is 3.89. The first-order valence-corrected chi connectivity index (χ1v) is 6.89. The van der Waals surface area contributed by atoms with Crippen LogP contribution in [-0.4, -0.2) is 4.98 Å². The maximum Gasteiger partial charge on any atom is 0.140 e. The summed E-state index contributed by atoms with van der Waals surface area (Å²) < 4.78 is 5.83. The lowest BCUT2D eigenvalue weighted by Gasteiger charge is -2.10. The molecule has 0 aliphatic carbocycles. The minimum Gasteiger partial charge on any atom is -0.486 e. The number of para-hydroxylation sites is 1. The van der Waals surface area contributed by atoms with Gasteiger partial charge >= 0.3 is 0 Å². The number of aryl methyl sites for hydroxylation is 2. The van der Waals surface area contributed by atoms with Crippen molar-refractivity contribution in [2.75, 3.05) is 0 Å². The molecule has 0 spiro atoms. The van der Waals surface area contributed by atoms with E-state index in [-0.39, 0.29) is 0 Å². The van der Waals surface area contributed by atoms with Gasteiger partial charge in [-0.2, -0.15) is 12.6 Å². The Balaban J connectivity index is 2.07. The monoisotopic (exact) mass is 265 g/mol. The van der Waals surface area contributed by atoms with Gasteiger partial charge in [-0.1, -0.05) is 18.2 Å². The van der Waals surface area contributed by atoms with Crippen molar-refractivity contribution in [1.82, 2.24) is 4.98 Å². The first-order chi connectivity index (χ1) is 8.20. The molecule has 1 aromatic heterocycles. The first kappa shape index (κ1) is 12.5. The van der Waals surface area contributed by atoms with Crippen molar-refractivity contribution < 1.29 is 4.74 Å². The summed E-state index contributed by atoms with van der Waals surface area (Å²) in [6.45, 7) is 4.65. The van der Waals surface area contributed by atoms with Crippen LogP contribution in [0.3, 0.4) is 0 Å². The second-order valence-corrected chi connectivity index (χ2v) is 5.40. The standard InChI is InChI=1S/C13H15NOS2/c1-9-4-3-5-10(2)13(9)15-7-12-14-6-11(8-16)17-12/h3-6,16H,7-8H2,1-2H3. The molecule has 90 valence electrons. The SMILES string of the molecule is Cc1cccc(C)c1OCc1ncc(CS)s1. The van der Waals surface area contributed by atoms with Gasteiger partial charge in [0.05, 0.1) is 0 Å². The summed E-state index contributed by atoms with van der Waals surface area (Å²) in [6, 6.07) is 6.16. The van der Waals surface area contributed by atoms with Gasteiger partial charge in [0.2, 0.25) is 0 Å². The molecule has 0 N–H and O–H groups in total. The van der Waals surface area contributed by atoms with Gasteiger partial charge in [-0.3, -0.25) is 0 Å². The zero-order chi connectivity index (χ0) is 12.3. The highest BCUT2D eigenvalue weighted by Crippen LogP contribution is 2.24. The maximum atomic E-state index is 5.83. The lowest BCUT2D eigenvalue weighted by atomic mass is 10.1. The molecular formula is C13H15NOS2.